The summed E-state index contributed by atoms with van der Waals surface area (Å²) in [5.41, 5.74) is 1.28. The quantitative estimate of drug-likeness (QED) is 0.735. The standard InChI is InChI=1S/C19H29BrN2O2/c1-23-19-3-2-18(20)14-17(19)15-22-8-5-16(6-9-22)4-7-21-10-12-24-13-11-21/h2-3,14,16H,4-13,15H2,1H3. The van der Waals surface area contributed by atoms with E-state index in [9.17, 15) is 0 Å². The van der Waals surface area contributed by atoms with Crippen LogP contribution < -0.4 is 4.74 Å². The summed E-state index contributed by atoms with van der Waals surface area (Å²) in [5.74, 6) is 1.88. The highest BCUT2D eigenvalue weighted by molar-refractivity contribution is 9.10. The zero-order valence-corrected chi connectivity index (χ0v) is 16.3. The first-order valence-electron chi connectivity index (χ1n) is 9.09. The van der Waals surface area contributed by atoms with Crippen LogP contribution in [-0.2, 0) is 11.3 Å². The molecule has 0 radical (unpaired) electrons. The van der Waals surface area contributed by atoms with Crippen molar-refractivity contribution in [3.05, 3.63) is 28.2 Å². The van der Waals surface area contributed by atoms with Gasteiger partial charge in [0.2, 0.25) is 0 Å². The molecule has 1 aromatic rings. The van der Waals surface area contributed by atoms with Crippen molar-refractivity contribution in [3.63, 3.8) is 0 Å². The molecular formula is C19H29BrN2O2. The van der Waals surface area contributed by atoms with Gasteiger partial charge in [-0.25, -0.2) is 0 Å². The summed E-state index contributed by atoms with van der Waals surface area (Å²) in [5, 5.41) is 0. The first-order chi connectivity index (χ1) is 11.7. The number of methoxy groups -OCH3 is 1. The lowest BCUT2D eigenvalue weighted by molar-refractivity contribution is 0.0334. The van der Waals surface area contributed by atoms with Crippen molar-refractivity contribution in [1.82, 2.24) is 9.80 Å². The number of piperidine rings is 1. The van der Waals surface area contributed by atoms with Gasteiger partial charge in [0.1, 0.15) is 5.75 Å². The van der Waals surface area contributed by atoms with Crippen LogP contribution in [0.3, 0.4) is 0 Å². The van der Waals surface area contributed by atoms with Gasteiger partial charge in [0.15, 0.2) is 0 Å². The maximum absolute atomic E-state index is 5.51. The van der Waals surface area contributed by atoms with Crippen molar-refractivity contribution in [1.29, 1.82) is 0 Å². The Bertz CT molecular complexity index is 512. The molecular weight excluding hydrogens is 368 g/mol. The van der Waals surface area contributed by atoms with Gasteiger partial charge in [-0.3, -0.25) is 9.80 Å². The van der Waals surface area contributed by atoms with Gasteiger partial charge in [-0.1, -0.05) is 15.9 Å². The minimum Gasteiger partial charge on any atom is -0.496 e. The average Bonchev–Trinajstić information content (AvgIpc) is 2.62. The summed E-state index contributed by atoms with van der Waals surface area (Å²) in [6.45, 7) is 8.67. The molecule has 0 spiro atoms. The van der Waals surface area contributed by atoms with E-state index in [0.717, 1.165) is 49.0 Å². The van der Waals surface area contributed by atoms with Crippen molar-refractivity contribution in [2.45, 2.75) is 25.8 Å². The molecule has 5 heteroatoms. The third-order valence-corrected chi connectivity index (χ3v) is 5.79. The Morgan fingerprint density at radius 2 is 1.88 bits per heavy atom. The molecule has 3 rings (SSSR count). The number of benzene rings is 1. The molecule has 1 aromatic carbocycles. The molecule has 2 aliphatic rings. The van der Waals surface area contributed by atoms with Crippen molar-refractivity contribution >= 4 is 15.9 Å². The molecule has 0 amide bonds. The Hall–Kier alpha value is -0.620. The highest BCUT2D eigenvalue weighted by atomic mass is 79.9. The molecule has 0 aromatic heterocycles. The van der Waals surface area contributed by atoms with Crippen molar-refractivity contribution in [2.24, 2.45) is 5.92 Å². The largest absolute Gasteiger partial charge is 0.496 e. The molecule has 2 fully saturated rings. The van der Waals surface area contributed by atoms with E-state index in [2.05, 4.69) is 37.9 Å². The van der Waals surface area contributed by atoms with Gasteiger partial charge in [0.05, 0.1) is 20.3 Å². The molecule has 0 unspecified atom stereocenters. The number of halogens is 1. The Labute approximate surface area is 154 Å². The second kappa shape index (κ2) is 9.18. The normalized spacial score (nSPS) is 21.1. The Morgan fingerprint density at radius 3 is 2.58 bits per heavy atom. The minimum atomic E-state index is 0.883. The second-order valence-corrected chi connectivity index (χ2v) is 7.83. The fraction of sp³-hybridized carbons (Fsp3) is 0.684. The molecule has 4 nitrogen and oxygen atoms in total. The van der Waals surface area contributed by atoms with Crippen LogP contribution in [0.1, 0.15) is 24.8 Å². The predicted octanol–water partition coefficient (Wildman–Crippen LogP) is 3.39. The molecule has 134 valence electrons. The molecule has 0 aliphatic carbocycles. The summed E-state index contributed by atoms with van der Waals surface area (Å²) in [4.78, 5) is 5.12. The van der Waals surface area contributed by atoms with E-state index in [4.69, 9.17) is 9.47 Å². The summed E-state index contributed by atoms with van der Waals surface area (Å²) in [6.07, 6.45) is 3.98. The molecule has 0 bridgehead atoms. The lowest BCUT2D eigenvalue weighted by Crippen LogP contribution is -2.39. The smallest absolute Gasteiger partial charge is 0.123 e. The van der Waals surface area contributed by atoms with Gasteiger partial charge < -0.3 is 9.47 Å². The maximum Gasteiger partial charge on any atom is 0.123 e. The van der Waals surface area contributed by atoms with Gasteiger partial charge in [-0.05, 0) is 63.0 Å². The second-order valence-electron chi connectivity index (χ2n) is 6.92. The SMILES string of the molecule is COc1ccc(Br)cc1CN1CCC(CCN2CCOCC2)CC1. The fourth-order valence-electron chi connectivity index (χ4n) is 3.73. The van der Waals surface area contributed by atoms with E-state index in [1.165, 1.54) is 44.5 Å². The molecule has 2 heterocycles. The first kappa shape index (κ1) is 18.2. The van der Waals surface area contributed by atoms with Gasteiger partial charge in [0.25, 0.3) is 0 Å². The van der Waals surface area contributed by atoms with Crippen LogP contribution in [0.4, 0.5) is 0 Å². The first-order valence-corrected chi connectivity index (χ1v) is 9.89. The lowest BCUT2D eigenvalue weighted by Gasteiger charge is -2.34. The van der Waals surface area contributed by atoms with Crippen LogP contribution in [0.2, 0.25) is 0 Å². The van der Waals surface area contributed by atoms with Crippen LogP contribution in [-0.4, -0.2) is 62.8 Å². The van der Waals surface area contributed by atoms with Crippen LogP contribution in [0, 0.1) is 5.92 Å². The van der Waals surface area contributed by atoms with E-state index in [1.54, 1.807) is 7.11 Å². The van der Waals surface area contributed by atoms with Crippen molar-refractivity contribution in [2.75, 3.05) is 53.0 Å². The number of hydrogen-bond acceptors (Lipinski definition) is 4. The summed E-state index contributed by atoms with van der Waals surface area (Å²) in [6, 6.07) is 6.28. The lowest BCUT2D eigenvalue weighted by atomic mass is 9.93. The van der Waals surface area contributed by atoms with Crippen LogP contribution in [0.25, 0.3) is 0 Å². The molecule has 0 saturated carbocycles. The van der Waals surface area contributed by atoms with Gasteiger partial charge in [-0.15, -0.1) is 0 Å². The molecule has 2 saturated heterocycles. The van der Waals surface area contributed by atoms with E-state index in [-0.39, 0.29) is 0 Å². The van der Waals surface area contributed by atoms with Crippen LogP contribution >= 0.6 is 15.9 Å². The summed E-state index contributed by atoms with van der Waals surface area (Å²) in [7, 11) is 1.75. The van der Waals surface area contributed by atoms with Crippen LogP contribution in [0.15, 0.2) is 22.7 Å². The minimum absolute atomic E-state index is 0.883. The summed E-state index contributed by atoms with van der Waals surface area (Å²) >= 11 is 3.57. The van der Waals surface area contributed by atoms with Gasteiger partial charge in [0, 0.05) is 29.7 Å². The van der Waals surface area contributed by atoms with Gasteiger partial charge >= 0.3 is 0 Å². The van der Waals surface area contributed by atoms with Gasteiger partial charge in [-0.2, -0.15) is 0 Å². The zero-order chi connectivity index (χ0) is 16.8. The average molecular weight is 397 g/mol. The number of ether oxygens (including phenoxy) is 2. The molecule has 0 atom stereocenters. The number of rotatable bonds is 6. The highest BCUT2D eigenvalue weighted by Crippen LogP contribution is 2.27. The highest BCUT2D eigenvalue weighted by Gasteiger charge is 2.21. The molecule has 24 heavy (non-hydrogen) atoms. The third-order valence-electron chi connectivity index (χ3n) is 5.30. The monoisotopic (exact) mass is 396 g/mol. The van der Waals surface area contributed by atoms with E-state index < -0.39 is 0 Å². The molecule has 0 N–H and O–H groups in total. The fourth-order valence-corrected chi connectivity index (χ4v) is 4.14. The van der Waals surface area contributed by atoms with Crippen molar-refractivity contribution in [3.8, 4) is 5.75 Å². The van der Waals surface area contributed by atoms with E-state index in [1.807, 2.05) is 6.07 Å². The number of morpholine rings is 1. The Kier molecular flexibility index (Phi) is 6.95. The number of hydrogen-bond donors (Lipinski definition) is 0. The number of nitrogens with zero attached hydrogens (tertiary/aromatic N) is 2. The Morgan fingerprint density at radius 1 is 1.12 bits per heavy atom. The number of likely N-dealkylation sites (tertiary alicyclic amines) is 1. The molecule has 2 aliphatic heterocycles. The third kappa shape index (κ3) is 5.19. The zero-order valence-electron chi connectivity index (χ0n) is 14.7. The van der Waals surface area contributed by atoms with E-state index in [0.29, 0.717) is 0 Å². The Balaban J connectivity index is 1.42. The summed E-state index contributed by atoms with van der Waals surface area (Å²) < 4.78 is 12.1. The van der Waals surface area contributed by atoms with Crippen LogP contribution in [0.5, 0.6) is 5.75 Å². The predicted molar refractivity (Wildman–Crippen MR) is 101 cm³/mol. The van der Waals surface area contributed by atoms with Crippen molar-refractivity contribution < 1.29 is 9.47 Å². The topological polar surface area (TPSA) is 24.9 Å². The maximum atomic E-state index is 5.51. The van der Waals surface area contributed by atoms with E-state index >= 15 is 0 Å².